The summed E-state index contributed by atoms with van der Waals surface area (Å²) < 4.78 is 0. The van der Waals surface area contributed by atoms with Crippen molar-refractivity contribution in [3.63, 3.8) is 0 Å². The van der Waals surface area contributed by atoms with E-state index in [0.717, 1.165) is 11.3 Å². The Morgan fingerprint density at radius 1 is 1.09 bits per heavy atom. The van der Waals surface area contributed by atoms with Crippen molar-refractivity contribution in [1.29, 1.82) is 0 Å². The van der Waals surface area contributed by atoms with Crippen molar-refractivity contribution in [3.05, 3.63) is 48.2 Å². The van der Waals surface area contributed by atoms with Crippen LogP contribution in [0.3, 0.4) is 0 Å². The fourth-order valence-corrected chi connectivity index (χ4v) is 2.00. The Labute approximate surface area is 130 Å². The molecule has 0 saturated heterocycles. The summed E-state index contributed by atoms with van der Waals surface area (Å²) in [6, 6.07) is 12.8. The van der Waals surface area contributed by atoms with Crippen molar-refractivity contribution in [1.82, 2.24) is 10.3 Å². The van der Waals surface area contributed by atoms with Gasteiger partial charge < -0.3 is 15.7 Å². The van der Waals surface area contributed by atoms with Crippen LogP contribution in [0.25, 0.3) is 11.3 Å². The molecular formula is C17H21N3O2. The Bertz CT molecular complexity index is 637. The normalized spacial score (nSPS) is 12.0. The van der Waals surface area contributed by atoms with Crippen LogP contribution in [0.15, 0.2) is 42.5 Å². The van der Waals surface area contributed by atoms with Crippen LogP contribution in [0.4, 0.5) is 10.5 Å². The summed E-state index contributed by atoms with van der Waals surface area (Å²) in [5, 5.41) is 15.1. The van der Waals surface area contributed by atoms with Gasteiger partial charge in [0.1, 0.15) is 0 Å². The molecule has 116 valence electrons. The second kappa shape index (κ2) is 7.04. The van der Waals surface area contributed by atoms with Crippen molar-refractivity contribution in [2.45, 2.75) is 32.9 Å². The molecule has 1 aromatic heterocycles. The molecule has 1 aromatic carbocycles. The zero-order valence-electron chi connectivity index (χ0n) is 13.0. The first-order valence-electron chi connectivity index (χ1n) is 7.28. The average Bonchev–Trinajstić information content (AvgIpc) is 2.47. The molecule has 0 radical (unpaired) electrons. The van der Waals surface area contributed by atoms with E-state index in [4.69, 9.17) is 0 Å². The molecule has 5 heteroatoms. The van der Waals surface area contributed by atoms with Crippen molar-refractivity contribution in [3.8, 4) is 11.3 Å². The summed E-state index contributed by atoms with van der Waals surface area (Å²) in [6.07, 6.45) is -0.597. The van der Waals surface area contributed by atoms with Crippen LogP contribution in [0.5, 0.6) is 0 Å². The number of anilines is 1. The Morgan fingerprint density at radius 2 is 1.77 bits per heavy atom. The van der Waals surface area contributed by atoms with E-state index in [1.807, 2.05) is 50.2 Å². The van der Waals surface area contributed by atoms with Crippen LogP contribution < -0.4 is 10.6 Å². The third kappa shape index (κ3) is 4.30. The summed E-state index contributed by atoms with van der Waals surface area (Å²) >= 11 is 0. The molecule has 0 aliphatic heterocycles. The van der Waals surface area contributed by atoms with Crippen LogP contribution in [-0.4, -0.2) is 22.2 Å². The molecule has 1 atom stereocenters. The van der Waals surface area contributed by atoms with Crippen LogP contribution in [0, 0.1) is 0 Å². The topological polar surface area (TPSA) is 74.2 Å². The van der Waals surface area contributed by atoms with E-state index in [-0.39, 0.29) is 12.1 Å². The van der Waals surface area contributed by atoms with E-state index >= 15 is 0 Å². The Hall–Kier alpha value is -2.40. The first kappa shape index (κ1) is 16.0. The molecule has 0 fully saturated rings. The van der Waals surface area contributed by atoms with Gasteiger partial charge in [0.25, 0.3) is 0 Å². The van der Waals surface area contributed by atoms with E-state index < -0.39 is 6.10 Å². The van der Waals surface area contributed by atoms with Crippen LogP contribution in [0.1, 0.15) is 32.6 Å². The third-order valence-corrected chi connectivity index (χ3v) is 3.06. The molecule has 1 unspecified atom stereocenters. The number of urea groups is 1. The van der Waals surface area contributed by atoms with E-state index in [1.54, 1.807) is 13.0 Å². The smallest absolute Gasteiger partial charge is 0.319 e. The fourth-order valence-electron chi connectivity index (χ4n) is 2.00. The van der Waals surface area contributed by atoms with Gasteiger partial charge in [-0.1, -0.05) is 18.2 Å². The van der Waals surface area contributed by atoms with Gasteiger partial charge in [-0.25, -0.2) is 4.79 Å². The zero-order valence-corrected chi connectivity index (χ0v) is 13.0. The summed E-state index contributed by atoms with van der Waals surface area (Å²) in [6.45, 7) is 5.50. The molecule has 0 aliphatic rings. The molecule has 0 aliphatic carbocycles. The minimum Gasteiger partial charge on any atom is -0.387 e. The van der Waals surface area contributed by atoms with E-state index in [0.29, 0.717) is 11.4 Å². The van der Waals surface area contributed by atoms with E-state index in [2.05, 4.69) is 15.6 Å². The van der Waals surface area contributed by atoms with Gasteiger partial charge in [0.05, 0.1) is 17.5 Å². The first-order valence-corrected chi connectivity index (χ1v) is 7.28. The number of hydrogen-bond acceptors (Lipinski definition) is 3. The van der Waals surface area contributed by atoms with Gasteiger partial charge in [-0.3, -0.25) is 4.98 Å². The molecule has 3 N–H and O–H groups in total. The predicted molar refractivity (Wildman–Crippen MR) is 87.6 cm³/mol. The monoisotopic (exact) mass is 299 g/mol. The number of aliphatic hydroxyl groups is 1. The third-order valence-electron chi connectivity index (χ3n) is 3.06. The van der Waals surface area contributed by atoms with Gasteiger partial charge in [0.15, 0.2) is 0 Å². The molecular weight excluding hydrogens is 278 g/mol. The number of amides is 2. The van der Waals surface area contributed by atoms with Crippen molar-refractivity contribution in [2.75, 3.05) is 5.32 Å². The molecule has 2 aromatic rings. The fraction of sp³-hybridized carbons (Fsp3) is 0.294. The maximum absolute atomic E-state index is 11.6. The molecule has 22 heavy (non-hydrogen) atoms. The number of pyridine rings is 1. The van der Waals surface area contributed by atoms with Gasteiger partial charge in [-0.2, -0.15) is 0 Å². The number of aromatic nitrogens is 1. The van der Waals surface area contributed by atoms with E-state index in [1.165, 1.54) is 0 Å². The molecule has 5 nitrogen and oxygen atoms in total. The Morgan fingerprint density at radius 3 is 2.36 bits per heavy atom. The Kier molecular flexibility index (Phi) is 5.12. The van der Waals surface area contributed by atoms with Gasteiger partial charge in [-0.15, -0.1) is 0 Å². The number of rotatable bonds is 4. The summed E-state index contributed by atoms with van der Waals surface area (Å²) in [5.74, 6) is 0. The highest BCUT2D eigenvalue weighted by Crippen LogP contribution is 2.21. The summed E-state index contributed by atoms with van der Waals surface area (Å²) in [4.78, 5) is 16.1. The highest BCUT2D eigenvalue weighted by Gasteiger charge is 2.06. The number of aliphatic hydroxyl groups excluding tert-OH is 1. The number of nitrogens with zero attached hydrogens (tertiary/aromatic N) is 1. The van der Waals surface area contributed by atoms with Crippen molar-refractivity contribution in [2.24, 2.45) is 0 Å². The Balaban J connectivity index is 2.12. The predicted octanol–water partition coefficient (Wildman–Crippen LogP) is 3.33. The summed E-state index contributed by atoms with van der Waals surface area (Å²) in [5.41, 5.74) is 3.07. The lowest BCUT2D eigenvalue weighted by atomic mass is 10.1. The number of carbonyl (C=O) groups excluding carboxylic acids is 1. The second-order valence-corrected chi connectivity index (χ2v) is 5.45. The maximum atomic E-state index is 11.6. The quantitative estimate of drug-likeness (QED) is 0.810. The SMILES string of the molecule is CC(C)NC(=O)Nc1ccc(-c2cccc(C(C)O)n2)cc1. The zero-order chi connectivity index (χ0) is 16.1. The lowest BCUT2D eigenvalue weighted by Crippen LogP contribution is -2.34. The number of hydrogen-bond donors (Lipinski definition) is 3. The summed E-state index contributed by atoms with van der Waals surface area (Å²) in [7, 11) is 0. The lowest BCUT2D eigenvalue weighted by Gasteiger charge is -2.11. The van der Waals surface area contributed by atoms with Crippen molar-refractivity contribution >= 4 is 11.7 Å². The number of nitrogens with one attached hydrogen (secondary N) is 2. The van der Waals surface area contributed by atoms with E-state index in [9.17, 15) is 9.90 Å². The van der Waals surface area contributed by atoms with Crippen molar-refractivity contribution < 1.29 is 9.90 Å². The molecule has 0 spiro atoms. The number of benzene rings is 1. The standard InChI is InChI=1S/C17H21N3O2/c1-11(2)18-17(22)19-14-9-7-13(8-10-14)16-6-4-5-15(20-16)12(3)21/h4-12,21H,1-3H3,(H2,18,19,22). The number of carbonyl (C=O) groups is 1. The second-order valence-electron chi connectivity index (χ2n) is 5.45. The van der Waals surface area contributed by atoms with Crippen LogP contribution >= 0.6 is 0 Å². The highest BCUT2D eigenvalue weighted by molar-refractivity contribution is 5.89. The van der Waals surface area contributed by atoms with Gasteiger partial charge in [0, 0.05) is 17.3 Å². The average molecular weight is 299 g/mol. The van der Waals surface area contributed by atoms with Gasteiger partial charge in [-0.05, 0) is 45.0 Å². The van der Waals surface area contributed by atoms with Gasteiger partial charge >= 0.3 is 6.03 Å². The largest absolute Gasteiger partial charge is 0.387 e. The van der Waals surface area contributed by atoms with Crippen LogP contribution in [0.2, 0.25) is 0 Å². The molecule has 0 bridgehead atoms. The maximum Gasteiger partial charge on any atom is 0.319 e. The van der Waals surface area contributed by atoms with Crippen LogP contribution in [-0.2, 0) is 0 Å². The van der Waals surface area contributed by atoms with Gasteiger partial charge in [0.2, 0.25) is 0 Å². The molecule has 2 rings (SSSR count). The molecule has 2 amide bonds. The lowest BCUT2D eigenvalue weighted by molar-refractivity contribution is 0.194. The minimum atomic E-state index is -0.597. The highest BCUT2D eigenvalue weighted by atomic mass is 16.3. The minimum absolute atomic E-state index is 0.0895. The first-order chi connectivity index (χ1) is 10.5. The molecule has 0 saturated carbocycles. The molecule has 1 heterocycles.